The number of nitrogens with two attached hydrogens (primary N) is 1. The summed E-state index contributed by atoms with van der Waals surface area (Å²) in [4.78, 5) is 16.0. The third kappa shape index (κ3) is 6.23. The SMILES string of the molecule is CN(C)CCCN(C)CC(=O)Nc1cc(Cl)ccc1N. The van der Waals surface area contributed by atoms with Crippen LogP contribution in [0.2, 0.25) is 5.02 Å². The second kappa shape index (κ2) is 8.09. The van der Waals surface area contributed by atoms with Crippen LogP contribution >= 0.6 is 11.6 Å². The van der Waals surface area contributed by atoms with Crippen molar-refractivity contribution in [3.05, 3.63) is 23.2 Å². The Balaban J connectivity index is 2.41. The average Bonchev–Trinajstić information content (AvgIpc) is 2.33. The maximum atomic E-state index is 11.9. The number of benzene rings is 1. The molecule has 20 heavy (non-hydrogen) atoms. The van der Waals surface area contributed by atoms with Crippen LogP contribution < -0.4 is 11.1 Å². The number of anilines is 2. The van der Waals surface area contributed by atoms with Crippen LogP contribution in [0.15, 0.2) is 18.2 Å². The van der Waals surface area contributed by atoms with Crippen molar-refractivity contribution in [3.63, 3.8) is 0 Å². The quantitative estimate of drug-likeness (QED) is 0.753. The molecule has 0 aromatic heterocycles. The van der Waals surface area contributed by atoms with Crippen LogP contribution in [0.5, 0.6) is 0 Å². The molecule has 0 fully saturated rings. The monoisotopic (exact) mass is 298 g/mol. The molecule has 0 aliphatic heterocycles. The second-order valence-corrected chi connectivity index (χ2v) is 5.61. The number of rotatable bonds is 7. The summed E-state index contributed by atoms with van der Waals surface area (Å²) < 4.78 is 0. The Morgan fingerprint density at radius 3 is 2.65 bits per heavy atom. The van der Waals surface area contributed by atoms with Gasteiger partial charge in [-0.2, -0.15) is 0 Å². The van der Waals surface area contributed by atoms with Crippen LogP contribution in [0.25, 0.3) is 0 Å². The molecule has 6 heteroatoms. The van der Waals surface area contributed by atoms with Crippen molar-refractivity contribution in [2.24, 2.45) is 0 Å². The Hall–Kier alpha value is -1.30. The minimum Gasteiger partial charge on any atom is -0.397 e. The molecular weight excluding hydrogens is 276 g/mol. The topological polar surface area (TPSA) is 61.6 Å². The third-order valence-electron chi connectivity index (χ3n) is 2.85. The van der Waals surface area contributed by atoms with Crippen LogP contribution in [0, 0.1) is 0 Å². The van der Waals surface area contributed by atoms with Crippen molar-refractivity contribution in [2.75, 3.05) is 51.8 Å². The summed E-state index contributed by atoms with van der Waals surface area (Å²) in [6.07, 6.45) is 1.02. The van der Waals surface area contributed by atoms with Crippen LogP contribution in [0.1, 0.15) is 6.42 Å². The van der Waals surface area contributed by atoms with Crippen molar-refractivity contribution < 1.29 is 4.79 Å². The van der Waals surface area contributed by atoms with E-state index in [0.717, 1.165) is 19.5 Å². The Kier molecular flexibility index (Phi) is 6.78. The van der Waals surface area contributed by atoms with Crippen LogP contribution in [0.3, 0.4) is 0 Å². The van der Waals surface area contributed by atoms with E-state index in [2.05, 4.69) is 10.2 Å². The molecule has 0 radical (unpaired) electrons. The van der Waals surface area contributed by atoms with Gasteiger partial charge in [0.1, 0.15) is 0 Å². The van der Waals surface area contributed by atoms with Gasteiger partial charge in [0.05, 0.1) is 17.9 Å². The maximum absolute atomic E-state index is 11.9. The summed E-state index contributed by atoms with van der Waals surface area (Å²) >= 11 is 5.88. The first-order chi connectivity index (χ1) is 9.38. The van der Waals surface area contributed by atoms with Crippen molar-refractivity contribution in [2.45, 2.75) is 6.42 Å². The predicted octanol–water partition coefficient (Wildman–Crippen LogP) is 1.74. The highest BCUT2D eigenvalue weighted by Crippen LogP contribution is 2.22. The fourth-order valence-corrected chi connectivity index (χ4v) is 1.98. The average molecular weight is 299 g/mol. The number of likely N-dealkylation sites (N-methyl/N-ethyl adjacent to an activating group) is 1. The van der Waals surface area contributed by atoms with E-state index in [4.69, 9.17) is 17.3 Å². The minimum absolute atomic E-state index is 0.0914. The molecule has 0 aliphatic carbocycles. The van der Waals surface area contributed by atoms with Gasteiger partial charge >= 0.3 is 0 Å². The first kappa shape index (κ1) is 16.8. The van der Waals surface area contributed by atoms with E-state index < -0.39 is 0 Å². The molecule has 0 atom stereocenters. The minimum atomic E-state index is -0.0914. The van der Waals surface area contributed by atoms with E-state index in [-0.39, 0.29) is 5.91 Å². The van der Waals surface area contributed by atoms with Crippen LogP contribution in [-0.4, -0.2) is 56.5 Å². The number of hydrogen-bond donors (Lipinski definition) is 2. The number of hydrogen-bond acceptors (Lipinski definition) is 4. The van der Waals surface area contributed by atoms with Crippen molar-refractivity contribution in [3.8, 4) is 0 Å². The van der Waals surface area contributed by atoms with Gasteiger partial charge < -0.3 is 16.0 Å². The summed E-state index contributed by atoms with van der Waals surface area (Å²) in [7, 11) is 6.00. The molecular formula is C14H23ClN4O. The van der Waals surface area contributed by atoms with Gasteiger partial charge in [-0.15, -0.1) is 0 Å². The van der Waals surface area contributed by atoms with Gasteiger partial charge in [0.2, 0.25) is 5.91 Å². The number of carbonyl (C=O) groups excluding carboxylic acids is 1. The van der Waals surface area contributed by atoms with Crippen LogP contribution in [0.4, 0.5) is 11.4 Å². The maximum Gasteiger partial charge on any atom is 0.238 e. The zero-order valence-electron chi connectivity index (χ0n) is 12.3. The third-order valence-corrected chi connectivity index (χ3v) is 3.08. The van der Waals surface area contributed by atoms with Gasteiger partial charge in [-0.25, -0.2) is 0 Å². The molecule has 0 spiro atoms. The number of nitrogen functional groups attached to an aromatic ring is 1. The standard InChI is InChI=1S/C14H23ClN4O/c1-18(2)7-4-8-19(3)10-14(20)17-13-9-11(15)5-6-12(13)16/h5-6,9H,4,7-8,10,16H2,1-3H3,(H,17,20). The van der Waals surface area contributed by atoms with Gasteiger partial charge in [-0.05, 0) is 58.9 Å². The van der Waals surface area contributed by atoms with E-state index in [1.807, 2.05) is 26.0 Å². The summed E-state index contributed by atoms with van der Waals surface area (Å²) in [5.74, 6) is -0.0914. The summed E-state index contributed by atoms with van der Waals surface area (Å²) in [6, 6.07) is 5.03. The Labute approximate surface area is 125 Å². The summed E-state index contributed by atoms with van der Waals surface area (Å²) in [5.41, 5.74) is 6.86. The number of amides is 1. The lowest BCUT2D eigenvalue weighted by molar-refractivity contribution is -0.117. The zero-order chi connectivity index (χ0) is 15.1. The lowest BCUT2D eigenvalue weighted by atomic mass is 10.2. The largest absolute Gasteiger partial charge is 0.397 e. The molecule has 1 amide bonds. The van der Waals surface area contributed by atoms with E-state index in [0.29, 0.717) is 22.9 Å². The van der Waals surface area contributed by atoms with E-state index in [1.54, 1.807) is 18.2 Å². The summed E-state index contributed by atoms with van der Waals surface area (Å²) in [6.45, 7) is 2.21. The molecule has 1 rings (SSSR count). The van der Waals surface area contributed by atoms with E-state index in [9.17, 15) is 4.79 Å². The van der Waals surface area contributed by atoms with E-state index >= 15 is 0 Å². The van der Waals surface area contributed by atoms with Crippen molar-refractivity contribution >= 4 is 28.9 Å². The number of nitrogens with zero attached hydrogens (tertiary/aromatic N) is 2. The van der Waals surface area contributed by atoms with Gasteiger partial charge in [-0.1, -0.05) is 11.6 Å². The normalized spacial score (nSPS) is 11.1. The van der Waals surface area contributed by atoms with Crippen LogP contribution in [-0.2, 0) is 4.79 Å². The highest BCUT2D eigenvalue weighted by Gasteiger charge is 2.09. The lowest BCUT2D eigenvalue weighted by Gasteiger charge is -2.18. The van der Waals surface area contributed by atoms with Crippen molar-refractivity contribution in [1.29, 1.82) is 0 Å². The summed E-state index contributed by atoms with van der Waals surface area (Å²) in [5, 5.41) is 3.33. The van der Waals surface area contributed by atoms with E-state index in [1.165, 1.54) is 0 Å². The first-order valence-corrected chi connectivity index (χ1v) is 6.94. The molecule has 0 unspecified atom stereocenters. The molecule has 3 N–H and O–H groups in total. The Morgan fingerprint density at radius 1 is 1.30 bits per heavy atom. The highest BCUT2D eigenvalue weighted by molar-refractivity contribution is 6.31. The predicted molar refractivity (Wildman–Crippen MR) is 85.2 cm³/mol. The molecule has 0 heterocycles. The fraction of sp³-hybridized carbons (Fsp3) is 0.500. The molecule has 1 aromatic carbocycles. The highest BCUT2D eigenvalue weighted by atomic mass is 35.5. The zero-order valence-corrected chi connectivity index (χ0v) is 13.1. The van der Waals surface area contributed by atoms with Gasteiger partial charge in [0.25, 0.3) is 0 Å². The fourth-order valence-electron chi connectivity index (χ4n) is 1.81. The number of halogens is 1. The van der Waals surface area contributed by atoms with Gasteiger partial charge in [-0.3, -0.25) is 9.69 Å². The number of nitrogens with one attached hydrogen (secondary N) is 1. The molecule has 1 aromatic rings. The smallest absolute Gasteiger partial charge is 0.238 e. The Bertz CT molecular complexity index is 451. The first-order valence-electron chi connectivity index (χ1n) is 6.56. The molecule has 112 valence electrons. The van der Waals surface area contributed by atoms with Gasteiger partial charge in [0, 0.05) is 5.02 Å². The molecule has 0 aliphatic rings. The lowest BCUT2D eigenvalue weighted by Crippen LogP contribution is -2.32. The molecule has 5 nitrogen and oxygen atoms in total. The molecule has 0 bridgehead atoms. The second-order valence-electron chi connectivity index (χ2n) is 5.17. The Morgan fingerprint density at radius 2 is 2.00 bits per heavy atom. The van der Waals surface area contributed by atoms with Gasteiger partial charge in [0.15, 0.2) is 0 Å². The van der Waals surface area contributed by atoms with Crippen molar-refractivity contribution in [1.82, 2.24) is 9.80 Å². The molecule has 0 saturated carbocycles. The molecule has 0 saturated heterocycles. The number of carbonyl (C=O) groups is 1.